The maximum absolute atomic E-state index is 11.7. The first-order valence-corrected chi connectivity index (χ1v) is 6.75. The van der Waals surface area contributed by atoms with Crippen LogP contribution >= 0.6 is 0 Å². The van der Waals surface area contributed by atoms with Crippen molar-refractivity contribution in [2.45, 2.75) is 26.7 Å². The smallest absolute Gasteiger partial charge is 0.226 e. The normalized spacial score (nSPS) is 9.75. The Morgan fingerprint density at radius 1 is 1.45 bits per heavy atom. The molecule has 0 atom stereocenters. The summed E-state index contributed by atoms with van der Waals surface area (Å²) in [6.45, 7) is 4.95. The van der Waals surface area contributed by atoms with E-state index in [1.165, 1.54) is 0 Å². The maximum atomic E-state index is 11.7. The molecule has 1 amide bonds. The molecule has 1 aromatic rings. The standard InChI is InChI=1S/C16H21NO3/c1-3-20-11-9-16(19)17-15-8-7-14(12-13(15)2)6-4-5-10-18/h7-8,12,18H,3,5,9-11H2,1-2H3,(H,17,19). The van der Waals surface area contributed by atoms with Crippen LogP contribution in [0.5, 0.6) is 0 Å². The summed E-state index contributed by atoms with van der Waals surface area (Å²) in [6.07, 6.45) is 0.820. The molecule has 0 aromatic heterocycles. The van der Waals surface area contributed by atoms with E-state index in [1.807, 2.05) is 32.0 Å². The van der Waals surface area contributed by atoms with E-state index in [9.17, 15) is 4.79 Å². The number of anilines is 1. The number of aliphatic hydroxyl groups is 1. The summed E-state index contributed by atoms with van der Waals surface area (Å²) in [5.74, 6) is 5.78. The first-order chi connectivity index (χ1) is 9.67. The number of carbonyl (C=O) groups is 1. The number of aryl methyl sites for hydroxylation is 1. The van der Waals surface area contributed by atoms with E-state index >= 15 is 0 Å². The van der Waals surface area contributed by atoms with Crippen molar-refractivity contribution < 1.29 is 14.6 Å². The fraction of sp³-hybridized carbons (Fsp3) is 0.438. The molecule has 0 spiro atoms. The molecule has 0 aliphatic heterocycles. The Morgan fingerprint density at radius 3 is 2.90 bits per heavy atom. The summed E-state index contributed by atoms with van der Waals surface area (Å²) < 4.78 is 5.15. The summed E-state index contributed by atoms with van der Waals surface area (Å²) in [5, 5.41) is 11.5. The summed E-state index contributed by atoms with van der Waals surface area (Å²) >= 11 is 0. The number of hydrogen-bond donors (Lipinski definition) is 2. The quantitative estimate of drug-likeness (QED) is 0.617. The number of carbonyl (C=O) groups excluding carboxylic acids is 1. The zero-order chi connectivity index (χ0) is 14.8. The topological polar surface area (TPSA) is 58.6 Å². The second-order valence-electron chi connectivity index (χ2n) is 4.30. The van der Waals surface area contributed by atoms with Gasteiger partial charge in [-0.15, -0.1) is 0 Å². The molecule has 4 nitrogen and oxygen atoms in total. The van der Waals surface area contributed by atoms with Crippen molar-refractivity contribution in [2.24, 2.45) is 0 Å². The Morgan fingerprint density at radius 2 is 2.25 bits per heavy atom. The number of hydrogen-bond acceptors (Lipinski definition) is 3. The molecule has 108 valence electrons. The van der Waals surface area contributed by atoms with Gasteiger partial charge in [0.05, 0.1) is 19.6 Å². The molecule has 2 N–H and O–H groups in total. The monoisotopic (exact) mass is 275 g/mol. The van der Waals surface area contributed by atoms with Crippen molar-refractivity contribution in [2.75, 3.05) is 25.1 Å². The van der Waals surface area contributed by atoms with E-state index in [2.05, 4.69) is 17.2 Å². The van der Waals surface area contributed by atoms with Gasteiger partial charge in [-0.05, 0) is 37.6 Å². The average Bonchev–Trinajstić information content (AvgIpc) is 2.42. The van der Waals surface area contributed by atoms with Gasteiger partial charge in [0.1, 0.15) is 0 Å². The Labute approximate surface area is 120 Å². The molecular weight excluding hydrogens is 254 g/mol. The van der Waals surface area contributed by atoms with E-state index < -0.39 is 0 Å². The number of rotatable bonds is 6. The van der Waals surface area contributed by atoms with Crippen molar-refractivity contribution in [1.29, 1.82) is 0 Å². The number of ether oxygens (including phenoxy) is 1. The molecule has 0 aliphatic rings. The molecule has 0 bridgehead atoms. The van der Waals surface area contributed by atoms with Gasteiger partial charge in [0.15, 0.2) is 0 Å². The lowest BCUT2D eigenvalue weighted by molar-refractivity contribution is -0.117. The number of aliphatic hydroxyl groups excluding tert-OH is 1. The van der Waals surface area contributed by atoms with Crippen molar-refractivity contribution in [3.8, 4) is 11.8 Å². The van der Waals surface area contributed by atoms with Gasteiger partial charge >= 0.3 is 0 Å². The Balaban J connectivity index is 2.60. The number of amides is 1. The van der Waals surface area contributed by atoms with Gasteiger partial charge in [0.2, 0.25) is 5.91 Å². The van der Waals surface area contributed by atoms with E-state index in [-0.39, 0.29) is 12.5 Å². The first-order valence-electron chi connectivity index (χ1n) is 6.75. The van der Waals surface area contributed by atoms with Gasteiger partial charge in [0, 0.05) is 24.3 Å². The summed E-state index contributed by atoms with van der Waals surface area (Å²) in [6, 6.07) is 5.62. The molecule has 0 unspecified atom stereocenters. The lowest BCUT2D eigenvalue weighted by atomic mass is 10.1. The van der Waals surface area contributed by atoms with Gasteiger partial charge in [0.25, 0.3) is 0 Å². The Bertz CT molecular complexity index is 500. The molecule has 0 heterocycles. The molecule has 0 saturated carbocycles. The van der Waals surface area contributed by atoms with E-state index in [1.54, 1.807) is 0 Å². The predicted octanol–water partition coefficient (Wildman–Crippen LogP) is 2.09. The van der Waals surface area contributed by atoms with Gasteiger partial charge in [-0.1, -0.05) is 11.8 Å². The fourth-order valence-corrected chi connectivity index (χ4v) is 1.62. The van der Waals surface area contributed by atoms with Gasteiger partial charge in [-0.3, -0.25) is 4.79 Å². The van der Waals surface area contributed by atoms with Crippen LogP contribution in [0.15, 0.2) is 18.2 Å². The SMILES string of the molecule is CCOCCC(=O)Nc1ccc(C#CCCO)cc1C. The van der Waals surface area contributed by atoms with Gasteiger partial charge in [-0.25, -0.2) is 0 Å². The van der Waals surface area contributed by atoms with Crippen LogP contribution < -0.4 is 5.32 Å². The van der Waals surface area contributed by atoms with Crippen LogP contribution in [0.3, 0.4) is 0 Å². The minimum absolute atomic E-state index is 0.0549. The highest BCUT2D eigenvalue weighted by atomic mass is 16.5. The van der Waals surface area contributed by atoms with Crippen molar-refractivity contribution in [3.05, 3.63) is 29.3 Å². The third kappa shape index (κ3) is 5.87. The molecule has 0 saturated heterocycles. The minimum atomic E-state index is -0.0549. The van der Waals surface area contributed by atoms with Crippen LogP contribution in [0.4, 0.5) is 5.69 Å². The lowest BCUT2D eigenvalue weighted by Crippen LogP contribution is -2.14. The Hall–Kier alpha value is -1.83. The molecule has 20 heavy (non-hydrogen) atoms. The fourth-order valence-electron chi connectivity index (χ4n) is 1.62. The largest absolute Gasteiger partial charge is 0.395 e. The lowest BCUT2D eigenvalue weighted by Gasteiger charge is -2.08. The molecule has 1 aromatic carbocycles. The predicted molar refractivity (Wildman–Crippen MR) is 79.5 cm³/mol. The average molecular weight is 275 g/mol. The van der Waals surface area contributed by atoms with Crippen LogP contribution in [-0.2, 0) is 9.53 Å². The summed E-state index contributed by atoms with van der Waals surface area (Å²) in [5.41, 5.74) is 2.63. The van der Waals surface area contributed by atoms with Crippen LogP contribution in [-0.4, -0.2) is 30.8 Å². The first kappa shape index (κ1) is 16.2. The third-order valence-corrected chi connectivity index (χ3v) is 2.65. The number of nitrogens with one attached hydrogen (secondary N) is 1. The zero-order valence-electron chi connectivity index (χ0n) is 12.0. The molecule has 0 aliphatic carbocycles. The summed E-state index contributed by atoms with van der Waals surface area (Å²) in [7, 11) is 0. The highest BCUT2D eigenvalue weighted by Gasteiger charge is 2.04. The van der Waals surface area contributed by atoms with E-state index in [4.69, 9.17) is 9.84 Å². The van der Waals surface area contributed by atoms with Gasteiger partial charge in [-0.2, -0.15) is 0 Å². The second-order valence-corrected chi connectivity index (χ2v) is 4.30. The Kier molecular flexibility index (Phi) is 7.41. The van der Waals surface area contributed by atoms with E-state index in [0.717, 1.165) is 16.8 Å². The van der Waals surface area contributed by atoms with Crippen LogP contribution in [0.2, 0.25) is 0 Å². The van der Waals surface area contributed by atoms with Crippen LogP contribution in [0.25, 0.3) is 0 Å². The van der Waals surface area contributed by atoms with Gasteiger partial charge < -0.3 is 15.2 Å². The number of benzene rings is 1. The maximum Gasteiger partial charge on any atom is 0.226 e. The third-order valence-electron chi connectivity index (χ3n) is 2.65. The highest BCUT2D eigenvalue weighted by molar-refractivity contribution is 5.91. The van der Waals surface area contributed by atoms with Crippen molar-refractivity contribution >= 4 is 11.6 Å². The second kappa shape index (κ2) is 9.13. The minimum Gasteiger partial charge on any atom is -0.395 e. The zero-order valence-corrected chi connectivity index (χ0v) is 12.0. The molecule has 0 fully saturated rings. The molecule has 0 radical (unpaired) electrons. The van der Waals surface area contributed by atoms with Crippen LogP contribution in [0, 0.1) is 18.8 Å². The molecule has 4 heteroatoms. The molecule has 1 rings (SSSR count). The van der Waals surface area contributed by atoms with Crippen molar-refractivity contribution in [1.82, 2.24) is 0 Å². The van der Waals surface area contributed by atoms with E-state index in [0.29, 0.717) is 26.1 Å². The summed E-state index contributed by atoms with van der Waals surface area (Å²) in [4.78, 5) is 11.7. The van der Waals surface area contributed by atoms with Crippen LogP contribution in [0.1, 0.15) is 30.9 Å². The molecular formula is C16H21NO3. The van der Waals surface area contributed by atoms with Crippen molar-refractivity contribution in [3.63, 3.8) is 0 Å². The highest BCUT2D eigenvalue weighted by Crippen LogP contribution is 2.16.